The zero-order valence-electron chi connectivity index (χ0n) is 17.2. The van der Waals surface area contributed by atoms with Gasteiger partial charge < -0.3 is 27.1 Å². The molecule has 8 nitrogen and oxygen atoms in total. The molecule has 1 aromatic heterocycles. The number of nitrogen functional groups attached to an aromatic ring is 2. The fourth-order valence-corrected chi connectivity index (χ4v) is 3.53. The topological polar surface area (TPSA) is 138 Å². The highest BCUT2D eigenvalue weighted by atomic mass is 19.4. The van der Waals surface area contributed by atoms with Crippen molar-refractivity contribution >= 4 is 35.2 Å². The lowest BCUT2D eigenvalue weighted by atomic mass is 9.89. The summed E-state index contributed by atoms with van der Waals surface area (Å²) in [6.07, 6.45) is -0.125. The average Bonchev–Trinajstić information content (AvgIpc) is 2.71. The summed E-state index contributed by atoms with van der Waals surface area (Å²) in [5.74, 6) is -1.80. The van der Waals surface area contributed by atoms with E-state index in [-0.39, 0.29) is 28.8 Å². The third kappa shape index (κ3) is 4.51. The van der Waals surface area contributed by atoms with E-state index in [1.165, 1.54) is 23.2 Å². The Labute approximate surface area is 182 Å². The Morgan fingerprint density at radius 3 is 2.38 bits per heavy atom. The van der Waals surface area contributed by atoms with Crippen LogP contribution in [0.4, 0.5) is 30.4 Å². The monoisotopic (exact) mass is 448 g/mol. The second-order valence-corrected chi connectivity index (χ2v) is 7.58. The van der Waals surface area contributed by atoms with Crippen LogP contribution >= 0.6 is 0 Å². The molecule has 3 rings (SSSR count). The average molecular weight is 448 g/mol. The first-order valence-corrected chi connectivity index (χ1v) is 9.89. The molecule has 6 N–H and O–H groups in total. The molecule has 0 bridgehead atoms. The van der Waals surface area contributed by atoms with Crippen LogP contribution in [0.5, 0.6) is 0 Å². The predicted octanol–water partition coefficient (Wildman–Crippen LogP) is 3.34. The van der Waals surface area contributed by atoms with Crippen molar-refractivity contribution < 1.29 is 22.8 Å². The van der Waals surface area contributed by atoms with Gasteiger partial charge >= 0.3 is 18.0 Å². The highest BCUT2D eigenvalue weighted by Crippen LogP contribution is 2.35. The molecule has 1 aromatic carbocycles. The van der Waals surface area contributed by atoms with Gasteiger partial charge in [0.25, 0.3) is 0 Å². The summed E-state index contributed by atoms with van der Waals surface area (Å²) >= 11 is 0. The summed E-state index contributed by atoms with van der Waals surface area (Å²) in [6, 6.07) is 3.69. The Kier molecular flexibility index (Phi) is 6.37. The van der Waals surface area contributed by atoms with Gasteiger partial charge in [0, 0.05) is 12.3 Å². The second kappa shape index (κ2) is 8.85. The molecule has 170 valence electrons. The van der Waals surface area contributed by atoms with Crippen LogP contribution in [0, 0.1) is 5.41 Å². The Morgan fingerprint density at radius 2 is 1.88 bits per heavy atom. The first-order chi connectivity index (χ1) is 15.0. The van der Waals surface area contributed by atoms with E-state index in [1.54, 1.807) is 6.92 Å². The third-order valence-corrected chi connectivity index (χ3v) is 5.62. The molecule has 1 aliphatic carbocycles. The van der Waals surface area contributed by atoms with E-state index in [9.17, 15) is 22.8 Å². The molecule has 1 heterocycles. The molecule has 0 saturated heterocycles. The van der Waals surface area contributed by atoms with Crippen LogP contribution in [0.2, 0.25) is 0 Å². The minimum absolute atomic E-state index is 0.000341. The summed E-state index contributed by atoms with van der Waals surface area (Å²) in [5.41, 5.74) is 11.4. The van der Waals surface area contributed by atoms with Gasteiger partial charge in [-0.3, -0.25) is 9.59 Å². The van der Waals surface area contributed by atoms with E-state index in [0.717, 1.165) is 24.8 Å². The fourth-order valence-electron chi connectivity index (χ4n) is 3.53. The second-order valence-electron chi connectivity index (χ2n) is 7.58. The number of alkyl halides is 3. The quantitative estimate of drug-likeness (QED) is 0.411. The van der Waals surface area contributed by atoms with E-state index in [1.807, 2.05) is 0 Å². The number of nitrogens with two attached hydrogens (primary N) is 2. The number of rotatable bonds is 5. The SMILES string of the molecule is CC(c1ccc(C(F)(F)F)cc1)N(C(=O)C(=O)Nc1cnc(N)c(C=N)c1N)C1CCC1. The lowest BCUT2D eigenvalue weighted by Crippen LogP contribution is -2.49. The number of hydrogen-bond donors (Lipinski definition) is 4. The molecule has 0 aliphatic heterocycles. The number of carbonyl (C=O) groups is 2. The molecule has 1 fully saturated rings. The normalized spacial score (nSPS) is 14.9. The zero-order chi connectivity index (χ0) is 23.6. The van der Waals surface area contributed by atoms with E-state index >= 15 is 0 Å². The number of benzene rings is 1. The van der Waals surface area contributed by atoms with Gasteiger partial charge in [-0.1, -0.05) is 12.1 Å². The molecular formula is C21H23F3N6O2. The first kappa shape index (κ1) is 23.0. The summed E-state index contributed by atoms with van der Waals surface area (Å²) in [4.78, 5) is 31.0. The van der Waals surface area contributed by atoms with Crippen LogP contribution in [0.15, 0.2) is 30.5 Å². The zero-order valence-corrected chi connectivity index (χ0v) is 17.2. The Bertz CT molecular complexity index is 1040. The summed E-state index contributed by atoms with van der Waals surface area (Å²) in [5, 5.41) is 9.77. The largest absolute Gasteiger partial charge is 0.416 e. The van der Waals surface area contributed by atoms with Crippen molar-refractivity contribution in [2.45, 2.75) is 44.4 Å². The number of aromatic nitrogens is 1. The van der Waals surface area contributed by atoms with Gasteiger partial charge in [-0.25, -0.2) is 4.98 Å². The lowest BCUT2D eigenvalue weighted by Gasteiger charge is -2.41. The van der Waals surface area contributed by atoms with E-state index in [2.05, 4.69) is 10.3 Å². The van der Waals surface area contributed by atoms with Gasteiger partial charge in [-0.2, -0.15) is 13.2 Å². The van der Waals surface area contributed by atoms with Crippen LogP contribution in [-0.2, 0) is 15.8 Å². The molecule has 32 heavy (non-hydrogen) atoms. The molecule has 0 radical (unpaired) electrons. The van der Waals surface area contributed by atoms with Crippen LogP contribution < -0.4 is 16.8 Å². The van der Waals surface area contributed by atoms with Gasteiger partial charge in [0.05, 0.1) is 34.7 Å². The van der Waals surface area contributed by atoms with Gasteiger partial charge in [-0.15, -0.1) is 0 Å². The molecule has 2 aromatic rings. The van der Waals surface area contributed by atoms with Gasteiger partial charge in [0.15, 0.2) is 0 Å². The van der Waals surface area contributed by atoms with Crippen LogP contribution in [-0.4, -0.2) is 34.0 Å². The number of amides is 2. The number of nitrogens with one attached hydrogen (secondary N) is 2. The van der Waals surface area contributed by atoms with Crippen molar-refractivity contribution in [3.8, 4) is 0 Å². The van der Waals surface area contributed by atoms with Crippen LogP contribution in [0.1, 0.15) is 48.9 Å². The number of anilines is 3. The van der Waals surface area contributed by atoms with Gasteiger partial charge in [-0.05, 0) is 43.9 Å². The Balaban J connectivity index is 1.84. The molecule has 1 atom stereocenters. The Hall–Kier alpha value is -3.63. The summed E-state index contributed by atoms with van der Waals surface area (Å²) in [7, 11) is 0. The number of pyridine rings is 1. The maximum Gasteiger partial charge on any atom is 0.416 e. The Morgan fingerprint density at radius 1 is 1.25 bits per heavy atom. The maximum atomic E-state index is 13.1. The first-order valence-electron chi connectivity index (χ1n) is 9.89. The maximum absolute atomic E-state index is 13.1. The van der Waals surface area contributed by atoms with Crippen molar-refractivity contribution in [2.24, 2.45) is 0 Å². The summed E-state index contributed by atoms with van der Waals surface area (Å²) < 4.78 is 38.6. The number of carbonyl (C=O) groups excluding carboxylic acids is 2. The van der Waals surface area contributed by atoms with E-state index in [0.29, 0.717) is 18.4 Å². The minimum atomic E-state index is -4.46. The number of nitrogens with zero attached hydrogens (tertiary/aromatic N) is 2. The fraction of sp³-hybridized carbons (Fsp3) is 0.333. The van der Waals surface area contributed by atoms with E-state index < -0.39 is 29.6 Å². The van der Waals surface area contributed by atoms with Crippen molar-refractivity contribution in [2.75, 3.05) is 16.8 Å². The highest BCUT2D eigenvalue weighted by Gasteiger charge is 2.37. The highest BCUT2D eigenvalue weighted by molar-refractivity contribution is 6.40. The van der Waals surface area contributed by atoms with Crippen molar-refractivity contribution in [3.63, 3.8) is 0 Å². The van der Waals surface area contributed by atoms with Crippen LogP contribution in [0.25, 0.3) is 0 Å². The molecule has 1 unspecified atom stereocenters. The molecule has 1 aliphatic rings. The van der Waals surface area contributed by atoms with Crippen molar-refractivity contribution in [3.05, 3.63) is 47.2 Å². The van der Waals surface area contributed by atoms with Crippen molar-refractivity contribution in [1.82, 2.24) is 9.88 Å². The molecule has 2 amide bonds. The van der Waals surface area contributed by atoms with Crippen molar-refractivity contribution in [1.29, 1.82) is 5.41 Å². The number of halogens is 3. The van der Waals surface area contributed by atoms with Crippen LogP contribution in [0.3, 0.4) is 0 Å². The smallest absolute Gasteiger partial charge is 0.396 e. The third-order valence-electron chi connectivity index (χ3n) is 5.62. The molecule has 11 heteroatoms. The summed E-state index contributed by atoms with van der Waals surface area (Å²) in [6.45, 7) is 1.67. The van der Waals surface area contributed by atoms with Gasteiger partial charge in [0.2, 0.25) is 0 Å². The minimum Gasteiger partial charge on any atom is -0.396 e. The number of hydrogen-bond acceptors (Lipinski definition) is 6. The molecule has 0 spiro atoms. The van der Waals surface area contributed by atoms with E-state index in [4.69, 9.17) is 16.9 Å². The molecular weight excluding hydrogens is 425 g/mol. The standard InChI is InChI=1S/C21H23F3N6O2/c1-11(12-5-7-13(8-6-12)21(22,23)24)30(14-3-2-4-14)20(32)19(31)29-16-10-28-18(27)15(9-25)17(16)26/h5-11,14,25H,2-4H2,1H3,(H,29,31)(H4,26,27,28). The predicted molar refractivity (Wildman–Crippen MR) is 114 cm³/mol. The van der Waals surface area contributed by atoms with Gasteiger partial charge in [0.1, 0.15) is 5.82 Å². The lowest BCUT2D eigenvalue weighted by molar-refractivity contribution is -0.148. The molecule has 1 saturated carbocycles.